The summed E-state index contributed by atoms with van der Waals surface area (Å²) in [6, 6.07) is 10.8. The molecule has 1 unspecified atom stereocenters. The van der Waals surface area contributed by atoms with Crippen LogP contribution in [0.5, 0.6) is 11.5 Å². The number of carbonyl (C=O) groups is 2. The number of allylic oxidation sites excluding steroid dienone is 2. The fourth-order valence-corrected chi connectivity index (χ4v) is 4.73. The maximum Gasteiger partial charge on any atom is 0.232 e. The molecule has 2 aliphatic heterocycles. The highest BCUT2D eigenvalue weighted by Gasteiger charge is 2.40. The van der Waals surface area contributed by atoms with Gasteiger partial charge in [-0.05, 0) is 42.7 Å². The lowest BCUT2D eigenvalue weighted by atomic mass is 9.77. The fourth-order valence-electron chi connectivity index (χ4n) is 4.35. The predicted molar refractivity (Wildman–Crippen MR) is 110 cm³/mol. The van der Waals surface area contributed by atoms with Crippen LogP contribution < -0.4 is 14.4 Å². The van der Waals surface area contributed by atoms with Crippen LogP contribution in [0, 0.1) is 0 Å². The van der Waals surface area contributed by atoms with Crippen molar-refractivity contribution in [3.05, 3.63) is 63.3 Å². The maximum absolute atomic E-state index is 13.3. The normalized spacial score (nSPS) is 20.9. The van der Waals surface area contributed by atoms with E-state index in [9.17, 15) is 9.59 Å². The minimum atomic E-state index is -0.311. The van der Waals surface area contributed by atoms with Gasteiger partial charge in [0.1, 0.15) is 0 Å². The summed E-state index contributed by atoms with van der Waals surface area (Å²) in [7, 11) is 0. The van der Waals surface area contributed by atoms with Crippen LogP contribution in [-0.2, 0) is 9.59 Å². The van der Waals surface area contributed by atoms with E-state index in [0.29, 0.717) is 52.1 Å². The number of amides is 1. The van der Waals surface area contributed by atoms with E-state index in [1.165, 1.54) is 0 Å². The van der Waals surface area contributed by atoms with E-state index in [1.54, 1.807) is 23.1 Å². The minimum absolute atomic E-state index is 0.0737. The van der Waals surface area contributed by atoms with Crippen molar-refractivity contribution in [2.75, 3.05) is 11.7 Å². The third kappa shape index (κ3) is 3.00. The summed E-state index contributed by atoms with van der Waals surface area (Å²) in [5.41, 5.74) is 2.81. The number of Topliss-reactive ketones (excluding diaryl/α,β-unsaturated/α-hetero) is 1. The topological polar surface area (TPSA) is 55.8 Å². The van der Waals surface area contributed by atoms with Gasteiger partial charge in [-0.2, -0.15) is 0 Å². The zero-order valence-corrected chi connectivity index (χ0v) is 16.9. The predicted octanol–water partition coefficient (Wildman–Crippen LogP) is 5.25. The van der Waals surface area contributed by atoms with Crippen LogP contribution in [0.25, 0.3) is 0 Å². The standard InChI is InChI=1S/C22H17Cl2NO4/c23-14-3-1-5-16(22(14)24)25-15-4-2-6-17(26)21(15)13(10-20(25)27)12-7-8-18-19(9-12)29-11-28-18/h1,3,5,7-9,13H,2,4,6,10-11H2. The molecule has 2 heterocycles. The first-order valence-electron chi connectivity index (χ1n) is 9.47. The summed E-state index contributed by atoms with van der Waals surface area (Å²) in [6.45, 7) is 0.177. The van der Waals surface area contributed by atoms with Crippen molar-refractivity contribution < 1.29 is 19.1 Å². The second-order valence-corrected chi connectivity index (χ2v) is 8.09. The van der Waals surface area contributed by atoms with Gasteiger partial charge in [0.05, 0.1) is 15.7 Å². The molecular weight excluding hydrogens is 413 g/mol. The van der Waals surface area contributed by atoms with Crippen molar-refractivity contribution in [3.63, 3.8) is 0 Å². The molecule has 0 bridgehead atoms. The summed E-state index contributed by atoms with van der Waals surface area (Å²) in [4.78, 5) is 27.8. The van der Waals surface area contributed by atoms with Gasteiger partial charge >= 0.3 is 0 Å². The van der Waals surface area contributed by atoms with Crippen molar-refractivity contribution in [1.29, 1.82) is 0 Å². The number of halogens is 2. The molecule has 2 aromatic carbocycles. The Morgan fingerprint density at radius 3 is 2.69 bits per heavy atom. The van der Waals surface area contributed by atoms with Crippen LogP contribution in [-0.4, -0.2) is 18.5 Å². The van der Waals surface area contributed by atoms with E-state index in [-0.39, 0.29) is 30.8 Å². The highest BCUT2D eigenvalue weighted by molar-refractivity contribution is 6.44. The minimum Gasteiger partial charge on any atom is -0.454 e. The Morgan fingerprint density at radius 1 is 1.00 bits per heavy atom. The molecule has 29 heavy (non-hydrogen) atoms. The number of fused-ring (bicyclic) bond motifs is 1. The van der Waals surface area contributed by atoms with Crippen molar-refractivity contribution in [2.24, 2.45) is 0 Å². The van der Waals surface area contributed by atoms with E-state index >= 15 is 0 Å². The number of nitrogens with zero attached hydrogens (tertiary/aromatic N) is 1. The van der Waals surface area contributed by atoms with E-state index in [4.69, 9.17) is 32.7 Å². The van der Waals surface area contributed by atoms with Gasteiger partial charge in [-0.25, -0.2) is 0 Å². The van der Waals surface area contributed by atoms with E-state index in [1.807, 2.05) is 18.2 Å². The Hall–Kier alpha value is -2.50. The van der Waals surface area contributed by atoms with Crippen LogP contribution in [0.1, 0.15) is 37.2 Å². The summed E-state index contributed by atoms with van der Waals surface area (Å²) < 4.78 is 10.9. The first kappa shape index (κ1) is 18.5. The van der Waals surface area contributed by atoms with E-state index in [2.05, 4.69) is 0 Å². The Labute approximate surface area is 177 Å². The molecule has 1 amide bonds. The van der Waals surface area contributed by atoms with Gasteiger partial charge in [0.25, 0.3) is 0 Å². The molecule has 0 fully saturated rings. The first-order chi connectivity index (χ1) is 14.0. The number of hydrogen-bond acceptors (Lipinski definition) is 4. The molecule has 7 heteroatoms. The second kappa shape index (κ2) is 7.08. The number of carbonyl (C=O) groups excluding carboxylic acids is 2. The van der Waals surface area contributed by atoms with Crippen LogP contribution >= 0.6 is 23.2 Å². The van der Waals surface area contributed by atoms with Gasteiger partial charge in [0, 0.05) is 30.0 Å². The molecule has 0 spiro atoms. The third-order valence-corrected chi connectivity index (χ3v) is 6.46. The molecular formula is C22H17Cl2NO4. The SMILES string of the molecule is O=C1CCCC2=C1C(c1ccc3c(c1)OCO3)CC(=O)N2c1cccc(Cl)c1Cl. The van der Waals surface area contributed by atoms with Gasteiger partial charge in [0.2, 0.25) is 12.7 Å². The van der Waals surface area contributed by atoms with Crippen molar-refractivity contribution in [2.45, 2.75) is 31.6 Å². The smallest absolute Gasteiger partial charge is 0.232 e. The number of hydrogen-bond donors (Lipinski definition) is 0. The Kier molecular flexibility index (Phi) is 4.52. The Bertz CT molecular complexity index is 1080. The summed E-state index contributed by atoms with van der Waals surface area (Å²) in [5, 5.41) is 0.688. The quantitative estimate of drug-likeness (QED) is 0.653. The van der Waals surface area contributed by atoms with Crippen molar-refractivity contribution >= 4 is 40.6 Å². The zero-order valence-electron chi connectivity index (χ0n) is 15.4. The molecule has 3 aliphatic rings. The summed E-state index contributed by atoms with van der Waals surface area (Å²) in [5.74, 6) is 0.969. The van der Waals surface area contributed by atoms with Crippen LogP contribution in [0.2, 0.25) is 10.0 Å². The Balaban J connectivity index is 1.65. The lowest BCUT2D eigenvalue weighted by molar-refractivity contribution is -0.119. The molecule has 0 radical (unpaired) electrons. The molecule has 0 N–H and O–H groups in total. The van der Waals surface area contributed by atoms with Crippen molar-refractivity contribution in [3.8, 4) is 11.5 Å². The van der Waals surface area contributed by atoms with Crippen LogP contribution in [0.3, 0.4) is 0 Å². The molecule has 0 saturated carbocycles. The zero-order chi connectivity index (χ0) is 20.1. The number of anilines is 1. The van der Waals surface area contributed by atoms with Gasteiger partial charge in [-0.15, -0.1) is 0 Å². The molecule has 1 aliphatic carbocycles. The van der Waals surface area contributed by atoms with Gasteiger partial charge in [0.15, 0.2) is 17.3 Å². The lowest BCUT2D eigenvalue weighted by Crippen LogP contribution is -2.40. The maximum atomic E-state index is 13.3. The number of benzene rings is 2. The number of ether oxygens (including phenoxy) is 2. The average molecular weight is 430 g/mol. The third-order valence-electron chi connectivity index (χ3n) is 5.65. The molecule has 1 atom stereocenters. The van der Waals surface area contributed by atoms with E-state index in [0.717, 1.165) is 11.3 Å². The second-order valence-electron chi connectivity index (χ2n) is 7.31. The molecule has 2 aromatic rings. The van der Waals surface area contributed by atoms with Gasteiger partial charge < -0.3 is 9.47 Å². The number of rotatable bonds is 2. The molecule has 5 nitrogen and oxygen atoms in total. The monoisotopic (exact) mass is 429 g/mol. The van der Waals surface area contributed by atoms with Crippen LogP contribution in [0.15, 0.2) is 47.7 Å². The van der Waals surface area contributed by atoms with Crippen LogP contribution in [0.4, 0.5) is 5.69 Å². The fraction of sp³-hybridized carbons (Fsp3) is 0.273. The van der Waals surface area contributed by atoms with Gasteiger partial charge in [-0.1, -0.05) is 35.3 Å². The molecule has 0 saturated heterocycles. The molecule has 5 rings (SSSR count). The van der Waals surface area contributed by atoms with Gasteiger partial charge in [-0.3, -0.25) is 14.5 Å². The molecule has 148 valence electrons. The lowest BCUT2D eigenvalue weighted by Gasteiger charge is -2.38. The highest BCUT2D eigenvalue weighted by Crippen LogP contribution is 2.47. The van der Waals surface area contributed by atoms with Crippen molar-refractivity contribution in [1.82, 2.24) is 0 Å². The largest absolute Gasteiger partial charge is 0.454 e. The highest BCUT2D eigenvalue weighted by atomic mass is 35.5. The summed E-state index contributed by atoms with van der Waals surface area (Å²) >= 11 is 12.6. The Morgan fingerprint density at radius 2 is 1.83 bits per heavy atom. The average Bonchev–Trinajstić information content (AvgIpc) is 3.18. The summed E-state index contributed by atoms with van der Waals surface area (Å²) in [6.07, 6.45) is 1.99. The molecule has 0 aromatic heterocycles. The van der Waals surface area contributed by atoms with E-state index < -0.39 is 0 Å². The first-order valence-corrected chi connectivity index (χ1v) is 10.2. The number of ketones is 1.